The summed E-state index contributed by atoms with van der Waals surface area (Å²) in [6, 6.07) is 7.69. The third-order valence-corrected chi connectivity index (χ3v) is 3.20. The molecule has 0 aliphatic carbocycles. The van der Waals surface area contributed by atoms with Crippen molar-refractivity contribution in [1.29, 1.82) is 0 Å². The average Bonchev–Trinajstić information content (AvgIpc) is 2.38. The maximum atomic E-state index is 6.02. The normalized spacial score (nSPS) is 10.4. The number of rotatable bonds is 4. The molecule has 18 heavy (non-hydrogen) atoms. The SMILES string of the molecule is CCc1c(Cl)ncnc1NCc1ccc(Cl)cc1. The van der Waals surface area contributed by atoms with Crippen molar-refractivity contribution >= 4 is 29.0 Å². The summed E-state index contributed by atoms with van der Waals surface area (Å²) in [4.78, 5) is 8.18. The molecule has 0 unspecified atom stereocenters. The summed E-state index contributed by atoms with van der Waals surface area (Å²) in [6.07, 6.45) is 2.26. The van der Waals surface area contributed by atoms with Crippen LogP contribution in [0.4, 0.5) is 5.82 Å². The van der Waals surface area contributed by atoms with Gasteiger partial charge in [0.15, 0.2) is 0 Å². The van der Waals surface area contributed by atoms with Gasteiger partial charge in [-0.3, -0.25) is 0 Å². The largest absolute Gasteiger partial charge is 0.366 e. The minimum Gasteiger partial charge on any atom is -0.366 e. The van der Waals surface area contributed by atoms with E-state index in [9.17, 15) is 0 Å². The molecule has 0 amide bonds. The molecule has 0 bridgehead atoms. The van der Waals surface area contributed by atoms with Gasteiger partial charge in [0, 0.05) is 17.1 Å². The van der Waals surface area contributed by atoms with E-state index in [1.807, 2.05) is 31.2 Å². The number of benzene rings is 1. The average molecular weight is 282 g/mol. The highest BCUT2D eigenvalue weighted by atomic mass is 35.5. The first-order chi connectivity index (χ1) is 8.70. The van der Waals surface area contributed by atoms with Gasteiger partial charge in [0.1, 0.15) is 17.3 Å². The lowest BCUT2D eigenvalue weighted by molar-refractivity contribution is 1.01. The van der Waals surface area contributed by atoms with Gasteiger partial charge in [0.2, 0.25) is 0 Å². The van der Waals surface area contributed by atoms with E-state index in [1.165, 1.54) is 6.33 Å². The van der Waals surface area contributed by atoms with Crippen molar-refractivity contribution in [2.45, 2.75) is 19.9 Å². The molecule has 0 radical (unpaired) electrons. The first-order valence-electron chi connectivity index (χ1n) is 5.68. The molecule has 1 aromatic heterocycles. The Morgan fingerprint density at radius 2 is 1.83 bits per heavy atom. The lowest BCUT2D eigenvalue weighted by atomic mass is 10.2. The zero-order chi connectivity index (χ0) is 13.0. The van der Waals surface area contributed by atoms with Crippen molar-refractivity contribution in [2.75, 3.05) is 5.32 Å². The maximum Gasteiger partial charge on any atom is 0.137 e. The fourth-order valence-corrected chi connectivity index (χ4v) is 2.04. The molecule has 0 aliphatic heterocycles. The highest BCUT2D eigenvalue weighted by Gasteiger charge is 2.07. The molecule has 2 rings (SSSR count). The number of nitrogens with zero attached hydrogens (tertiary/aromatic N) is 2. The fraction of sp³-hybridized carbons (Fsp3) is 0.231. The summed E-state index contributed by atoms with van der Waals surface area (Å²) in [5.74, 6) is 0.785. The van der Waals surface area contributed by atoms with Crippen LogP contribution in [-0.2, 0) is 13.0 Å². The first-order valence-corrected chi connectivity index (χ1v) is 6.44. The Morgan fingerprint density at radius 1 is 1.11 bits per heavy atom. The van der Waals surface area contributed by atoms with Crippen LogP contribution in [0.2, 0.25) is 10.2 Å². The van der Waals surface area contributed by atoms with Crippen molar-refractivity contribution < 1.29 is 0 Å². The van der Waals surface area contributed by atoms with Crippen molar-refractivity contribution in [3.8, 4) is 0 Å². The van der Waals surface area contributed by atoms with E-state index in [1.54, 1.807) is 0 Å². The van der Waals surface area contributed by atoms with Crippen molar-refractivity contribution in [2.24, 2.45) is 0 Å². The number of aromatic nitrogens is 2. The Balaban J connectivity index is 2.10. The van der Waals surface area contributed by atoms with Gasteiger partial charge in [-0.15, -0.1) is 0 Å². The summed E-state index contributed by atoms with van der Waals surface area (Å²) in [6.45, 7) is 2.70. The smallest absolute Gasteiger partial charge is 0.137 e. The summed E-state index contributed by atoms with van der Waals surface area (Å²) in [7, 11) is 0. The van der Waals surface area contributed by atoms with Crippen LogP contribution < -0.4 is 5.32 Å². The van der Waals surface area contributed by atoms with Crippen molar-refractivity contribution in [3.63, 3.8) is 0 Å². The number of hydrogen-bond acceptors (Lipinski definition) is 3. The van der Waals surface area contributed by atoms with E-state index in [4.69, 9.17) is 23.2 Å². The Kier molecular flexibility index (Phi) is 4.39. The number of anilines is 1. The first kappa shape index (κ1) is 13.1. The zero-order valence-electron chi connectivity index (χ0n) is 9.95. The molecule has 0 fully saturated rings. The van der Waals surface area contributed by atoms with E-state index < -0.39 is 0 Å². The van der Waals surface area contributed by atoms with Gasteiger partial charge in [-0.1, -0.05) is 42.3 Å². The Labute approximate surface area is 116 Å². The van der Waals surface area contributed by atoms with Crippen LogP contribution in [-0.4, -0.2) is 9.97 Å². The molecule has 94 valence electrons. The number of hydrogen-bond donors (Lipinski definition) is 1. The highest BCUT2D eigenvalue weighted by Crippen LogP contribution is 2.20. The van der Waals surface area contributed by atoms with Crippen LogP contribution >= 0.6 is 23.2 Å². The predicted octanol–water partition coefficient (Wildman–Crippen LogP) is 3.96. The maximum absolute atomic E-state index is 6.02. The molecule has 0 atom stereocenters. The lowest BCUT2D eigenvalue weighted by Gasteiger charge is -2.10. The second-order valence-corrected chi connectivity index (χ2v) is 4.62. The van der Waals surface area contributed by atoms with E-state index in [2.05, 4.69) is 15.3 Å². The Hall–Kier alpha value is -1.32. The topological polar surface area (TPSA) is 37.8 Å². The van der Waals surface area contributed by atoms with Gasteiger partial charge in [-0.05, 0) is 24.1 Å². The quantitative estimate of drug-likeness (QED) is 0.862. The van der Waals surface area contributed by atoms with Crippen LogP contribution in [0.15, 0.2) is 30.6 Å². The molecule has 0 saturated carbocycles. The molecule has 0 spiro atoms. The molecule has 1 aromatic carbocycles. The van der Waals surface area contributed by atoms with E-state index >= 15 is 0 Å². The lowest BCUT2D eigenvalue weighted by Crippen LogP contribution is -2.05. The van der Waals surface area contributed by atoms with Crippen LogP contribution in [0.1, 0.15) is 18.1 Å². The molecule has 0 aliphatic rings. The minimum absolute atomic E-state index is 0.506. The Morgan fingerprint density at radius 3 is 2.50 bits per heavy atom. The standard InChI is InChI=1S/C13H13Cl2N3/c1-2-11-12(15)17-8-18-13(11)16-7-9-3-5-10(14)6-4-9/h3-6,8H,2,7H2,1H3,(H,16,17,18). The number of nitrogens with one attached hydrogen (secondary N) is 1. The zero-order valence-corrected chi connectivity index (χ0v) is 11.5. The van der Waals surface area contributed by atoms with E-state index in [0.29, 0.717) is 11.7 Å². The molecule has 3 nitrogen and oxygen atoms in total. The molecular weight excluding hydrogens is 269 g/mol. The number of halogens is 2. The summed E-state index contributed by atoms with van der Waals surface area (Å²) >= 11 is 11.9. The van der Waals surface area contributed by atoms with Crippen molar-refractivity contribution in [3.05, 3.63) is 51.9 Å². The predicted molar refractivity (Wildman–Crippen MR) is 75.2 cm³/mol. The summed E-state index contributed by atoms with van der Waals surface area (Å²) < 4.78 is 0. The molecule has 1 N–H and O–H groups in total. The molecule has 2 aromatic rings. The molecular formula is C13H13Cl2N3. The molecule has 5 heteroatoms. The van der Waals surface area contributed by atoms with Gasteiger partial charge in [-0.25, -0.2) is 9.97 Å². The van der Waals surface area contributed by atoms with Gasteiger partial charge in [-0.2, -0.15) is 0 Å². The second kappa shape index (κ2) is 6.03. The summed E-state index contributed by atoms with van der Waals surface area (Å²) in [5.41, 5.74) is 2.07. The molecule has 1 heterocycles. The Bertz CT molecular complexity index is 526. The molecule has 0 saturated heterocycles. The van der Waals surface area contributed by atoms with Gasteiger partial charge in [0.05, 0.1) is 0 Å². The van der Waals surface area contributed by atoms with Gasteiger partial charge >= 0.3 is 0 Å². The summed E-state index contributed by atoms with van der Waals surface area (Å²) in [5, 5.41) is 4.50. The van der Waals surface area contributed by atoms with E-state index in [-0.39, 0.29) is 0 Å². The van der Waals surface area contributed by atoms with Gasteiger partial charge < -0.3 is 5.32 Å². The fourth-order valence-electron chi connectivity index (χ4n) is 1.64. The van der Waals surface area contributed by atoms with E-state index in [0.717, 1.165) is 28.4 Å². The van der Waals surface area contributed by atoms with Gasteiger partial charge in [0.25, 0.3) is 0 Å². The van der Waals surface area contributed by atoms with Crippen LogP contribution in [0.5, 0.6) is 0 Å². The van der Waals surface area contributed by atoms with Crippen LogP contribution in [0.25, 0.3) is 0 Å². The third kappa shape index (κ3) is 3.12. The van der Waals surface area contributed by atoms with Crippen LogP contribution in [0, 0.1) is 0 Å². The van der Waals surface area contributed by atoms with Crippen LogP contribution in [0.3, 0.4) is 0 Å². The van der Waals surface area contributed by atoms with Crippen molar-refractivity contribution in [1.82, 2.24) is 9.97 Å². The third-order valence-electron chi connectivity index (χ3n) is 2.62. The highest BCUT2D eigenvalue weighted by molar-refractivity contribution is 6.30. The monoisotopic (exact) mass is 281 g/mol. The minimum atomic E-state index is 0.506. The second-order valence-electron chi connectivity index (χ2n) is 3.83.